The molecular formula is C14H24N2O3. The van der Waals surface area contributed by atoms with Crippen molar-refractivity contribution < 1.29 is 14.7 Å². The zero-order valence-corrected chi connectivity index (χ0v) is 12.4. The lowest BCUT2D eigenvalue weighted by Gasteiger charge is -2.20. The molecule has 0 aliphatic heterocycles. The van der Waals surface area contributed by atoms with Gasteiger partial charge in [0.05, 0.1) is 24.5 Å². The minimum atomic E-state index is -0.378. The van der Waals surface area contributed by atoms with Crippen LogP contribution < -0.4 is 5.48 Å². The fraction of sp³-hybridized carbons (Fsp3) is 0.571. The molecule has 0 fully saturated rings. The van der Waals surface area contributed by atoms with Crippen LogP contribution in [0.1, 0.15) is 43.7 Å². The molecule has 0 aliphatic rings. The average molecular weight is 268 g/mol. The van der Waals surface area contributed by atoms with Crippen LogP contribution in [0, 0.1) is 12.3 Å². The maximum absolute atomic E-state index is 11.7. The van der Waals surface area contributed by atoms with E-state index in [9.17, 15) is 4.79 Å². The third-order valence-corrected chi connectivity index (χ3v) is 2.31. The van der Waals surface area contributed by atoms with E-state index < -0.39 is 0 Å². The van der Waals surface area contributed by atoms with Gasteiger partial charge in [0.2, 0.25) is 0 Å². The molecule has 0 saturated heterocycles. The van der Waals surface area contributed by atoms with Gasteiger partial charge in [-0.15, -0.1) is 0 Å². The van der Waals surface area contributed by atoms with Gasteiger partial charge >= 0.3 is 0 Å². The van der Waals surface area contributed by atoms with Crippen LogP contribution in [0.15, 0.2) is 18.3 Å². The predicted octanol–water partition coefficient (Wildman–Crippen LogP) is 2.10. The van der Waals surface area contributed by atoms with Gasteiger partial charge in [0.25, 0.3) is 5.91 Å². The molecule has 0 radical (unpaired) electrons. The number of hydrogen-bond acceptors (Lipinski definition) is 4. The van der Waals surface area contributed by atoms with Crippen molar-refractivity contribution in [1.82, 2.24) is 10.5 Å². The van der Waals surface area contributed by atoms with Gasteiger partial charge in [-0.25, -0.2) is 5.48 Å². The van der Waals surface area contributed by atoms with E-state index in [-0.39, 0.29) is 24.5 Å². The maximum atomic E-state index is 11.7. The molecule has 1 heterocycles. The van der Waals surface area contributed by atoms with E-state index in [1.807, 2.05) is 27.7 Å². The Labute approximate surface area is 115 Å². The van der Waals surface area contributed by atoms with Crippen molar-refractivity contribution in [2.24, 2.45) is 5.41 Å². The number of nitrogens with one attached hydrogen (secondary N) is 1. The maximum Gasteiger partial charge on any atom is 0.276 e. The fourth-order valence-corrected chi connectivity index (χ4v) is 1.12. The van der Waals surface area contributed by atoms with Gasteiger partial charge in [-0.3, -0.25) is 14.6 Å². The smallest absolute Gasteiger partial charge is 0.276 e. The molecule has 1 rings (SSSR count). The first-order valence-corrected chi connectivity index (χ1v) is 6.41. The molecule has 19 heavy (non-hydrogen) atoms. The minimum Gasteiger partial charge on any atom is -0.396 e. The van der Waals surface area contributed by atoms with Crippen LogP contribution in [0.5, 0.6) is 0 Å². The highest BCUT2D eigenvalue weighted by Crippen LogP contribution is 2.13. The normalized spacial score (nSPS) is 10.4. The van der Waals surface area contributed by atoms with E-state index in [2.05, 4.69) is 10.5 Å². The number of hydroxylamine groups is 1. The number of hydrogen-bond donors (Lipinski definition) is 2. The molecule has 5 heteroatoms. The lowest BCUT2D eigenvalue weighted by atomic mass is 9.97. The Bertz CT molecular complexity index is 392. The number of carbonyl (C=O) groups is 1. The summed E-state index contributed by atoms with van der Waals surface area (Å²) < 4.78 is 0. The van der Waals surface area contributed by atoms with Crippen LogP contribution in [0.3, 0.4) is 0 Å². The van der Waals surface area contributed by atoms with Crippen LogP contribution >= 0.6 is 0 Å². The summed E-state index contributed by atoms with van der Waals surface area (Å²) in [5.41, 5.74) is 3.09. The second kappa shape index (κ2) is 8.61. The third kappa shape index (κ3) is 6.31. The summed E-state index contributed by atoms with van der Waals surface area (Å²) in [5, 5.41) is 9.02. The number of carbonyl (C=O) groups excluding carboxylic acids is 1. The number of pyridine rings is 1. The molecule has 0 unspecified atom stereocenters. The van der Waals surface area contributed by atoms with E-state index in [1.54, 1.807) is 25.3 Å². The van der Waals surface area contributed by atoms with Crippen LogP contribution in [0.25, 0.3) is 0 Å². The van der Waals surface area contributed by atoms with Gasteiger partial charge in [0.1, 0.15) is 0 Å². The van der Waals surface area contributed by atoms with E-state index in [0.717, 1.165) is 0 Å². The summed E-state index contributed by atoms with van der Waals surface area (Å²) in [6.07, 6.45) is 1.63. The number of aromatic nitrogens is 1. The molecule has 0 atom stereocenters. The fourth-order valence-electron chi connectivity index (χ4n) is 1.12. The lowest BCUT2D eigenvalue weighted by molar-refractivity contribution is -0.0198. The largest absolute Gasteiger partial charge is 0.396 e. The number of aliphatic hydroxyl groups is 1. The number of rotatable bonds is 5. The molecule has 0 aromatic carbocycles. The first kappa shape index (κ1) is 17.5. The standard InChI is InChI=1S/C12H18N2O3.C2H6/c1-9-10(5-4-6-13-9)11(16)14-17-8-12(2,3)7-15;1-2/h4-6,15H,7-8H2,1-3H3,(H,14,16);1-2H3. The summed E-state index contributed by atoms with van der Waals surface area (Å²) in [5.74, 6) is -0.329. The second-order valence-corrected chi connectivity index (χ2v) is 4.68. The van der Waals surface area contributed by atoms with Crippen LogP contribution in [0.2, 0.25) is 0 Å². The molecule has 0 aliphatic carbocycles. The first-order valence-electron chi connectivity index (χ1n) is 6.41. The minimum absolute atomic E-state index is 0.00517. The monoisotopic (exact) mass is 268 g/mol. The first-order chi connectivity index (χ1) is 8.96. The average Bonchev–Trinajstić information content (AvgIpc) is 2.41. The van der Waals surface area contributed by atoms with Crippen molar-refractivity contribution >= 4 is 5.91 Å². The summed E-state index contributed by atoms with van der Waals surface area (Å²) in [7, 11) is 0. The van der Waals surface area contributed by atoms with Crippen molar-refractivity contribution in [2.75, 3.05) is 13.2 Å². The molecule has 0 bridgehead atoms. The van der Waals surface area contributed by atoms with Crippen LogP contribution in [0.4, 0.5) is 0 Å². The topological polar surface area (TPSA) is 71.5 Å². The van der Waals surface area contributed by atoms with Gasteiger partial charge < -0.3 is 5.11 Å². The Balaban J connectivity index is 0.00000154. The molecule has 2 N–H and O–H groups in total. The Morgan fingerprint density at radius 2 is 2.11 bits per heavy atom. The van der Waals surface area contributed by atoms with Gasteiger partial charge in [-0.05, 0) is 19.1 Å². The molecule has 1 amide bonds. The van der Waals surface area contributed by atoms with E-state index in [4.69, 9.17) is 9.94 Å². The summed E-state index contributed by atoms with van der Waals surface area (Å²) in [4.78, 5) is 20.8. The number of aliphatic hydroxyl groups excluding tert-OH is 1. The highest BCUT2D eigenvalue weighted by Gasteiger charge is 2.18. The van der Waals surface area contributed by atoms with Gasteiger partial charge in [0, 0.05) is 11.6 Å². The summed E-state index contributed by atoms with van der Waals surface area (Å²) >= 11 is 0. The van der Waals surface area contributed by atoms with Crippen LogP contribution in [-0.2, 0) is 4.84 Å². The predicted molar refractivity (Wildman–Crippen MR) is 74.6 cm³/mol. The zero-order chi connectivity index (χ0) is 14.9. The van der Waals surface area contributed by atoms with Crippen molar-refractivity contribution in [3.8, 4) is 0 Å². The van der Waals surface area contributed by atoms with E-state index in [1.165, 1.54) is 0 Å². The summed E-state index contributed by atoms with van der Waals surface area (Å²) in [6.45, 7) is 9.68. The third-order valence-electron chi connectivity index (χ3n) is 2.31. The Morgan fingerprint density at radius 3 is 2.63 bits per heavy atom. The summed E-state index contributed by atoms with van der Waals surface area (Å²) in [6, 6.07) is 3.37. The molecular weight excluding hydrogens is 244 g/mol. The number of nitrogens with zero attached hydrogens (tertiary/aromatic N) is 1. The van der Waals surface area contributed by atoms with E-state index in [0.29, 0.717) is 11.3 Å². The zero-order valence-electron chi connectivity index (χ0n) is 12.4. The molecule has 0 saturated carbocycles. The van der Waals surface area contributed by atoms with Crippen LogP contribution in [-0.4, -0.2) is 29.2 Å². The molecule has 1 aromatic heterocycles. The van der Waals surface area contributed by atoms with Crippen molar-refractivity contribution in [2.45, 2.75) is 34.6 Å². The van der Waals surface area contributed by atoms with Gasteiger partial charge in [-0.2, -0.15) is 0 Å². The highest BCUT2D eigenvalue weighted by atomic mass is 16.7. The Kier molecular flexibility index (Phi) is 7.95. The lowest BCUT2D eigenvalue weighted by Crippen LogP contribution is -2.32. The Hall–Kier alpha value is -1.46. The van der Waals surface area contributed by atoms with Crippen molar-refractivity contribution in [3.63, 3.8) is 0 Å². The molecule has 5 nitrogen and oxygen atoms in total. The highest BCUT2D eigenvalue weighted by molar-refractivity contribution is 5.94. The van der Waals surface area contributed by atoms with Crippen molar-refractivity contribution in [3.05, 3.63) is 29.6 Å². The number of amides is 1. The van der Waals surface area contributed by atoms with Crippen molar-refractivity contribution in [1.29, 1.82) is 0 Å². The van der Waals surface area contributed by atoms with E-state index >= 15 is 0 Å². The van der Waals surface area contributed by atoms with Gasteiger partial charge in [-0.1, -0.05) is 27.7 Å². The molecule has 0 spiro atoms. The Morgan fingerprint density at radius 1 is 1.47 bits per heavy atom. The SMILES string of the molecule is CC.Cc1ncccc1C(=O)NOCC(C)(C)CO. The second-order valence-electron chi connectivity index (χ2n) is 4.68. The quantitative estimate of drug-likeness (QED) is 0.802. The molecule has 1 aromatic rings. The number of aryl methyl sites for hydroxylation is 1. The van der Waals surface area contributed by atoms with Gasteiger partial charge in [0.15, 0.2) is 0 Å². The molecule has 108 valence electrons.